The molecule has 0 unspecified atom stereocenters. The zero-order valence-electron chi connectivity index (χ0n) is 16.8. The van der Waals surface area contributed by atoms with Crippen LogP contribution in [-0.4, -0.2) is 51.1 Å². The number of carbonyl (C=O) groups is 1. The van der Waals surface area contributed by atoms with Crippen LogP contribution in [-0.2, 0) is 6.54 Å². The van der Waals surface area contributed by atoms with Crippen LogP contribution in [0.3, 0.4) is 0 Å². The number of rotatable bonds is 5. The first kappa shape index (κ1) is 20.3. The van der Waals surface area contributed by atoms with E-state index in [4.69, 9.17) is 21.7 Å². The van der Waals surface area contributed by atoms with Crippen molar-refractivity contribution in [3.05, 3.63) is 47.3 Å². The minimum absolute atomic E-state index is 0.0882. The minimum Gasteiger partial charge on any atom is -0.486 e. The Hall–Kier alpha value is -1.99. The maximum Gasteiger partial charge on any atom is 0.174 e. The minimum atomic E-state index is -0.0882. The normalized spacial score (nSPS) is 18.1. The number of nitrogens with zero attached hydrogens (tertiary/aromatic N) is 2. The molecule has 1 aromatic carbocycles. The molecular formula is C22H26N2O3S2. The van der Waals surface area contributed by atoms with E-state index in [-0.39, 0.29) is 11.9 Å². The van der Waals surface area contributed by atoms with Crippen LogP contribution in [0.1, 0.15) is 34.6 Å². The summed E-state index contributed by atoms with van der Waals surface area (Å²) in [5.41, 5.74) is 2.81. The van der Waals surface area contributed by atoms with Crippen molar-refractivity contribution in [2.75, 3.05) is 25.4 Å². The monoisotopic (exact) mass is 430 g/mol. The van der Waals surface area contributed by atoms with Crippen molar-refractivity contribution in [2.24, 2.45) is 0 Å². The van der Waals surface area contributed by atoms with Crippen molar-refractivity contribution >= 4 is 34.1 Å². The number of thiocarbonyl (C=S) groups is 1. The zero-order chi connectivity index (χ0) is 20.4. The number of carbonyl (C=O) groups excluding carboxylic acids is 1. The largest absolute Gasteiger partial charge is 0.486 e. The van der Waals surface area contributed by atoms with Crippen LogP contribution in [0, 0.1) is 13.8 Å². The van der Waals surface area contributed by atoms with E-state index in [1.807, 2.05) is 44.2 Å². The van der Waals surface area contributed by atoms with E-state index in [0.29, 0.717) is 18.9 Å². The molecule has 1 fully saturated rings. The number of ketones is 1. The van der Waals surface area contributed by atoms with Gasteiger partial charge in [-0.05, 0) is 44.9 Å². The molecule has 1 atom stereocenters. The van der Waals surface area contributed by atoms with Crippen molar-refractivity contribution < 1.29 is 14.3 Å². The molecule has 3 heterocycles. The average molecular weight is 431 g/mol. The van der Waals surface area contributed by atoms with Gasteiger partial charge in [0.2, 0.25) is 0 Å². The van der Waals surface area contributed by atoms with Gasteiger partial charge in [-0.2, -0.15) is 0 Å². The summed E-state index contributed by atoms with van der Waals surface area (Å²) < 4.78 is 14.9. The predicted molar refractivity (Wildman–Crippen MR) is 120 cm³/mol. The lowest BCUT2D eigenvalue weighted by molar-refractivity contribution is 0.0777. The fourth-order valence-corrected chi connectivity index (χ4v) is 5.05. The van der Waals surface area contributed by atoms with Gasteiger partial charge in [0.15, 0.2) is 23.4 Å². The summed E-state index contributed by atoms with van der Waals surface area (Å²) >= 11 is 6.97. The first-order chi connectivity index (χ1) is 14.0. The maximum atomic E-state index is 12.8. The lowest BCUT2D eigenvalue weighted by Gasteiger charge is -2.27. The second-order valence-corrected chi connectivity index (χ2v) is 9.17. The van der Waals surface area contributed by atoms with Crippen LogP contribution in [0.5, 0.6) is 11.5 Å². The molecule has 1 aromatic heterocycles. The van der Waals surface area contributed by atoms with Gasteiger partial charge in [0.05, 0.1) is 12.3 Å². The first-order valence-corrected chi connectivity index (χ1v) is 11.4. The Morgan fingerprint density at radius 2 is 1.93 bits per heavy atom. The highest BCUT2D eigenvalue weighted by molar-refractivity contribution is 8.23. The number of hydrogen-bond acceptors (Lipinski definition) is 5. The number of Topliss-reactive ketones (excluding diaryl/α,β-unsaturated/α-hetero) is 1. The molecule has 4 rings (SSSR count). The van der Waals surface area contributed by atoms with Crippen LogP contribution < -0.4 is 9.47 Å². The summed E-state index contributed by atoms with van der Waals surface area (Å²) in [5, 5.41) is 0. The topological polar surface area (TPSA) is 43.7 Å². The third kappa shape index (κ3) is 4.46. The van der Waals surface area contributed by atoms with Gasteiger partial charge in [-0.3, -0.25) is 4.79 Å². The maximum absolute atomic E-state index is 12.8. The summed E-state index contributed by atoms with van der Waals surface area (Å²) in [6.07, 6.45) is 2.29. The Kier molecular flexibility index (Phi) is 6.15. The van der Waals surface area contributed by atoms with Crippen molar-refractivity contribution in [1.29, 1.82) is 0 Å². The number of fused-ring (bicyclic) bond motifs is 1. The standard InChI is InChI=1S/C22H26N2O3S2/c1-15-11-18(19(25)14-29-22(28)23-9-5-6-10-23)16(2)24(15)12-17-13-26-20-7-3-4-8-21(20)27-17/h3-4,7-8,11,17H,5-6,9-10,12-14H2,1-2H3/t17-/m0/s1. The van der Waals surface area contributed by atoms with E-state index in [9.17, 15) is 4.79 Å². The molecular weight excluding hydrogens is 404 g/mol. The van der Waals surface area contributed by atoms with E-state index in [1.165, 1.54) is 24.6 Å². The summed E-state index contributed by atoms with van der Waals surface area (Å²) in [6.45, 7) is 7.21. The van der Waals surface area contributed by atoms with E-state index in [1.54, 1.807) is 0 Å². The van der Waals surface area contributed by atoms with Crippen molar-refractivity contribution in [3.8, 4) is 11.5 Å². The molecule has 5 nitrogen and oxygen atoms in total. The third-order valence-electron chi connectivity index (χ3n) is 5.52. The highest BCUT2D eigenvalue weighted by Crippen LogP contribution is 2.31. The fourth-order valence-electron chi connectivity index (χ4n) is 3.92. The average Bonchev–Trinajstić information content (AvgIpc) is 3.36. The number of aryl methyl sites for hydroxylation is 1. The molecule has 2 aliphatic rings. The number of para-hydroxylation sites is 2. The molecule has 154 valence electrons. The molecule has 2 aromatic rings. The van der Waals surface area contributed by atoms with Gasteiger partial charge < -0.3 is 18.9 Å². The van der Waals surface area contributed by atoms with Gasteiger partial charge in [0.1, 0.15) is 10.9 Å². The highest BCUT2D eigenvalue weighted by Gasteiger charge is 2.24. The Balaban J connectivity index is 1.40. The number of benzene rings is 1. The van der Waals surface area contributed by atoms with Gasteiger partial charge in [-0.15, -0.1) is 0 Å². The van der Waals surface area contributed by atoms with Crippen molar-refractivity contribution in [1.82, 2.24) is 9.47 Å². The van der Waals surface area contributed by atoms with Crippen LogP contribution in [0.25, 0.3) is 0 Å². The predicted octanol–water partition coefficient (Wildman–Crippen LogP) is 4.24. The van der Waals surface area contributed by atoms with Gasteiger partial charge in [0.25, 0.3) is 0 Å². The number of ether oxygens (including phenoxy) is 2. The van der Waals surface area contributed by atoms with Crippen LogP contribution in [0.2, 0.25) is 0 Å². The van der Waals surface area contributed by atoms with Gasteiger partial charge >= 0.3 is 0 Å². The van der Waals surface area contributed by atoms with Crippen LogP contribution >= 0.6 is 24.0 Å². The summed E-state index contributed by atoms with van der Waals surface area (Å²) in [5.74, 6) is 2.07. The summed E-state index contributed by atoms with van der Waals surface area (Å²) in [7, 11) is 0. The summed E-state index contributed by atoms with van der Waals surface area (Å²) in [6, 6.07) is 9.70. The van der Waals surface area contributed by atoms with Gasteiger partial charge in [-0.25, -0.2) is 0 Å². The van der Waals surface area contributed by atoms with E-state index >= 15 is 0 Å². The second kappa shape index (κ2) is 8.79. The van der Waals surface area contributed by atoms with Crippen LogP contribution in [0.15, 0.2) is 30.3 Å². The van der Waals surface area contributed by atoms with E-state index in [2.05, 4.69) is 9.47 Å². The molecule has 0 amide bonds. The first-order valence-electron chi connectivity index (χ1n) is 10.0. The molecule has 0 aliphatic carbocycles. The number of likely N-dealkylation sites (tertiary alicyclic amines) is 1. The Bertz CT molecular complexity index is 919. The number of thioether (sulfide) groups is 1. The molecule has 0 bridgehead atoms. The molecule has 0 N–H and O–H groups in total. The van der Waals surface area contributed by atoms with Gasteiger partial charge in [-0.1, -0.05) is 36.1 Å². The molecule has 0 saturated carbocycles. The lowest BCUT2D eigenvalue weighted by Crippen LogP contribution is -2.33. The Morgan fingerprint density at radius 3 is 2.69 bits per heavy atom. The smallest absolute Gasteiger partial charge is 0.174 e. The SMILES string of the molecule is Cc1cc(C(=O)CSC(=S)N2CCCC2)c(C)n1C[C@H]1COc2ccccc2O1. The molecule has 0 radical (unpaired) electrons. The lowest BCUT2D eigenvalue weighted by atomic mass is 10.2. The quantitative estimate of drug-likeness (QED) is 0.522. The molecule has 2 aliphatic heterocycles. The summed E-state index contributed by atoms with van der Waals surface area (Å²) in [4.78, 5) is 15.0. The number of hydrogen-bond donors (Lipinski definition) is 0. The van der Waals surface area contributed by atoms with Crippen molar-refractivity contribution in [2.45, 2.75) is 39.3 Å². The highest BCUT2D eigenvalue weighted by atomic mass is 32.2. The fraction of sp³-hybridized carbons (Fsp3) is 0.455. The van der Waals surface area contributed by atoms with E-state index in [0.717, 1.165) is 45.9 Å². The molecule has 29 heavy (non-hydrogen) atoms. The van der Waals surface area contributed by atoms with Gasteiger partial charge in [0, 0.05) is 30.0 Å². The third-order valence-corrected chi connectivity index (χ3v) is 7.04. The Morgan fingerprint density at radius 1 is 1.21 bits per heavy atom. The van der Waals surface area contributed by atoms with Crippen LogP contribution in [0.4, 0.5) is 0 Å². The van der Waals surface area contributed by atoms with Crippen molar-refractivity contribution in [3.63, 3.8) is 0 Å². The zero-order valence-corrected chi connectivity index (χ0v) is 18.5. The second-order valence-electron chi connectivity index (χ2n) is 7.56. The molecule has 1 saturated heterocycles. The number of aromatic nitrogens is 1. The molecule has 0 spiro atoms. The van der Waals surface area contributed by atoms with E-state index < -0.39 is 0 Å². The Labute approximate surface area is 181 Å². The molecule has 7 heteroatoms.